The number of nitrogens with one attached hydrogen (secondary N) is 1. The second-order valence-corrected chi connectivity index (χ2v) is 9.55. The molecule has 35 heavy (non-hydrogen) atoms. The van der Waals surface area contributed by atoms with E-state index < -0.39 is 18.5 Å². The highest BCUT2D eigenvalue weighted by Crippen LogP contribution is 2.20. The van der Waals surface area contributed by atoms with Gasteiger partial charge in [0, 0.05) is 32.8 Å². The molecule has 3 aromatic carbocycles. The molecule has 0 aliphatic rings. The lowest BCUT2D eigenvalue weighted by atomic mass is 9.98. The molecule has 0 spiro atoms. The normalized spacial score (nSPS) is 10.4. The summed E-state index contributed by atoms with van der Waals surface area (Å²) in [6.45, 7) is 1.07. The zero-order valence-corrected chi connectivity index (χ0v) is 22.2. The van der Waals surface area contributed by atoms with Gasteiger partial charge in [0.2, 0.25) is 5.91 Å². The number of hydrogen-bond donors (Lipinski definition) is 1. The number of carbonyl (C=O) groups excluding carboxylic acids is 4. The van der Waals surface area contributed by atoms with Crippen LogP contribution in [-0.2, 0) is 14.3 Å². The maximum absolute atomic E-state index is 12.9. The zero-order chi connectivity index (χ0) is 25.5. The first-order valence-corrected chi connectivity index (χ1v) is 12.1. The molecule has 3 aromatic rings. The quantitative estimate of drug-likeness (QED) is 0.290. The molecule has 9 heteroatoms. The third kappa shape index (κ3) is 7.10. The summed E-state index contributed by atoms with van der Waals surface area (Å²) in [5.74, 6) is -2.09. The largest absolute Gasteiger partial charge is 0.452 e. The predicted molar refractivity (Wildman–Crippen MR) is 139 cm³/mol. The molecule has 0 atom stereocenters. The minimum atomic E-state index is -0.803. The van der Waals surface area contributed by atoms with Crippen LogP contribution in [0.25, 0.3) is 0 Å². The predicted octanol–water partition coefficient (Wildman–Crippen LogP) is 5.00. The molecule has 180 valence electrons. The fourth-order valence-electron chi connectivity index (χ4n) is 3.19. The van der Waals surface area contributed by atoms with Gasteiger partial charge in [0.05, 0.1) is 12.1 Å². The third-order valence-corrected chi connectivity index (χ3v) is 6.12. The van der Waals surface area contributed by atoms with Crippen LogP contribution in [0.4, 0.5) is 5.69 Å². The molecule has 0 aromatic heterocycles. The standard InChI is InChI=1S/C26H22Br2N2O5/c1-16-13-19(28)11-12-22(16)29-23(31)14-30(2)24(32)15-35-26(34)21-6-4-3-5-20(21)25(33)17-7-9-18(27)10-8-17/h3-13H,14-15H2,1-2H3,(H,29,31). The van der Waals surface area contributed by atoms with Crippen LogP contribution < -0.4 is 5.32 Å². The molecule has 0 radical (unpaired) electrons. The summed E-state index contributed by atoms with van der Waals surface area (Å²) < 4.78 is 6.88. The van der Waals surface area contributed by atoms with Crippen molar-refractivity contribution in [1.29, 1.82) is 0 Å². The number of likely N-dealkylation sites (N-methyl/N-ethyl adjacent to an activating group) is 1. The number of nitrogens with zero attached hydrogens (tertiary/aromatic N) is 1. The highest BCUT2D eigenvalue weighted by Gasteiger charge is 2.21. The number of rotatable bonds is 8. The van der Waals surface area contributed by atoms with Crippen LogP contribution in [-0.4, -0.2) is 48.7 Å². The number of halogens is 2. The minimum absolute atomic E-state index is 0.0549. The number of hydrogen-bond acceptors (Lipinski definition) is 5. The van der Waals surface area contributed by atoms with Crippen LogP contribution in [0.2, 0.25) is 0 Å². The average molecular weight is 602 g/mol. The molecule has 0 aliphatic heterocycles. The first kappa shape index (κ1) is 26.3. The van der Waals surface area contributed by atoms with E-state index in [1.54, 1.807) is 48.5 Å². The Hall–Kier alpha value is -3.30. The second-order valence-electron chi connectivity index (χ2n) is 7.71. The van der Waals surface area contributed by atoms with Gasteiger partial charge in [0.15, 0.2) is 12.4 Å². The molecular formula is C26H22Br2N2O5. The molecule has 0 heterocycles. The monoisotopic (exact) mass is 600 g/mol. The Morgan fingerprint density at radius 2 is 1.51 bits per heavy atom. The topological polar surface area (TPSA) is 92.8 Å². The van der Waals surface area contributed by atoms with E-state index >= 15 is 0 Å². The lowest BCUT2D eigenvalue weighted by molar-refractivity contribution is -0.136. The molecule has 0 saturated carbocycles. The first-order chi connectivity index (χ1) is 16.7. The van der Waals surface area contributed by atoms with E-state index in [4.69, 9.17) is 4.74 Å². The van der Waals surface area contributed by atoms with E-state index in [-0.39, 0.29) is 29.4 Å². The first-order valence-electron chi connectivity index (χ1n) is 10.5. The summed E-state index contributed by atoms with van der Waals surface area (Å²) in [6.07, 6.45) is 0. The number of amides is 2. The molecule has 0 saturated heterocycles. The fraction of sp³-hybridized carbons (Fsp3) is 0.154. The van der Waals surface area contributed by atoms with Gasteiger partial charge >= 0.3 is 5.97 Å². The van der Waals surface area contributed by atoms with Crippen LogP contribution in [0, 0.1) is 6.92 Å². The second kappa shape index (κ2) is 11.9. The van der Waals surface area contributed by atoms with Gasteiger partial charge in [0.1, 0.15) is 0 Å². The SMILES string of the molecule is Cc1cc(Br)ccc1NC(=O)CN(C)C(=O)COC(=O)c1ccccc1C(=O)c1ccc(Br)cc1. The van der Waals surface area contributed by atoms with E-state index in [1.165, 1.54) is 19.2 Å². The van der Waals surface area contributed by atoms with Crippen molar-refractivity contribution in [1.82, 2.24) is 4.90 Å². The number of ketones is 1. The zero-order valence-electron chi connectivity index (χ0n) is 19.0. The third-order valence-electron chi connectivity index (χ3n) is 5.09. The molecule has 1 N–H and O–H groups in total. The van der Waals surface area contributed by atoms with Gasteiger partial charge in [-0.15, -0.1) is 0 Å². The Kier molecular flexibility index (Phi) is 8.95. The van der Waals surface area contributed by atoms with Gasteiger partial charge in [0.25, 0.3) is 5.91 Å². The Bertz CT molecular complexity index is 1270. The average Bonchev–Trinajstić information content (AvgIpc) is 2.84. The van der Waals surface area contributed by atoms with E-state index in [2.05, 4.69) is 37.2 Å². The molecule has 3 rings (SSSR count). The van der Waals surface area contributed by atoms with Gasteiger partial charge < -0.3 is 15.0 Å². The smallest absolute Gasteiger partial charge is 0.339 e. The Labute approximate surface area is 219 Å². The number of anilines is 1. The lowest BCUT2D eigenvalue weighted by Gasteiger charge is -2.17. The van der Waals surface area contributed by atoms with Crippen molar-refractivity contribution in [3.63, 3.8) is 0 Å². The van der Waals surface area contributed by atoms with E-state index in [9.17, 15) is 19.2 Å². The summed E-state index contributed by atoms with van der Waals surface area (Å²) in [7, 11) is 1.44. The summed E-state index contributed by atoms with van der Waals surface area (Å²) >= 11 is 6.69. The molecule has 0 aliphatic carbocycles. The summed E-state index contributed by atoms with van der Waals surface area (Å²) in [4.78, 5) is 51.5. The molecular weight excluding hydrogens is 580 g/mol. The van der Waals surface area contributed by atoms with Crippen molar-refractivity contribution in [2.45, 2.75) is 6.92 Å². The van der Waals surface area contributed by atoms with Crippen LogP contribution in [0.5, 0.6) is 0 Å². The fourth-order valence-corrected chi connectivity index (χ4v) is 3.93. The van der Waals surface area contributed by atoms with Crippen molar-refractivity contribution in [3.05, 3.63) is 97.9 Å². The Balaban J connectivity index is 1.59. The van der Waals surface area contributed by atoms with Gasteiger partial charge in [-0.05, 0) is 61.0 Å². The highest BCUT2D eigenvalue weighted by molar-refractivity contribution is 9.10. The van der Waals surface area contributed by atoms with E-state index in [0.29, 0.717) is 11.3 Å². The van der Waals surface area contributed by atoms with Crippen LogP contribution in [0.3, 0.4) is 0 Å². The van der Waals surface area contributed by atoms with Crippen molar-refractivity contribution in [3.8, 4) is 0 Å². The van der Waals surface area contributed by atoms with Crippen LogP contribution in [0.1, 0.15) is 31.8 Å². The Morgan fingerprint density at radius 3 is 2.17 bits per heavy atom. The van der Waals surface area contributed by atoms with Crippen molar-refractivity contribution >= 4 is 61.1 Å². The highest BCUT2D eigenvalue weighted by atomic mass is 79.9. The molecule has 0 unspecified atom stereocenters. The molecule has 0 fully saturated rings. The Morgan fingerprint density at radius 1 is 0.886 bits per heavy atom. The van der Waals surface area contributed by atoms with Gasteiger partial charge in [-0.1, -0.05) is 50.1 Å². The van der Waals surface area contributed by atoms with Gasteiger partial charge in [-0.25, -0.2) is 4.79 Å². The maximum atomic E-state index is 12.9. The van der Waals surface area contributed by atoms with E-state index in [0.717, 1.165) is 19.4 Å². The molecule has 7 nitrogen and oxygen atoms in total. The minimum Gasteiger partial charge on any atom is -0.452 e. The molecule has 0 bridgehead atoms. The summed E-state index contributed by atoms with van der Waals surface area (Å²) in [5.41, 5.74) is 2.14. The lowest BCUT2D eigenvalue weighted by Crippen LogP contribution is -2.37. The summed E-state index contributed by atoms with van der Waals surface area (Å²) in [6, 6.07) is 18.4. The van der Waals surface area contributed by atoms with Crippen molar-refractivity contribution in [2.24, 2.45) is 0 Å². The number of aryl methyl sites for hydroxylation is 1. The van der Waals surface area contributed by atoms with Crippen molar-refractivity contribution in [2.75, 3.05) is 25.5 Å². The number of esters is 1. The number of ether oxygens (including phenoxy) is 1. The number of carbonyl (C=O) groups is 4. The number of benzene rings is 3. The van der Waals surface area contributed by atoms with Gasteiger partial charge in [-0.2, -0.15) is 0 Å². The van der Waals surface area contributed by atoms with E-state index in [1.807, 2.05) is 13.0 Å². The summed E-state index contributed by atoms with van der Waals surface area (Å²) in [5, 5.41) is 2.75. The van der Waals surface area contributed by atoms with Crippen LogP contribution >= 0.6 is 31.9 Å². The van der Waals surface area contributed by atoms with Crippen molar-refractivity contribution < 1.29 is 23.9 Å². The van der Waals surface area contributed by atoms with Crippen LogP contribution in [0.15, 0.2) is 75.7 Å². The van der Waals surface area contributed by atoms with Gasteiger partial charge in [-0.3, -0.25) is 14.4 Å². The molecule has 2 amide bonds. The maximum Gasteiger partial charge on any atom is 0.339 e.